The molecule has 0 aliphatic carbocycles. The van der Waals surface area contributed by atoms with E-state index in [1.165, 1.54) is 12.1 Å². The van der Waals surface area contributed by atoms with Gasteiger partial charge in [-0.1, -0.05) is 6.07 Å². The summed E-state index contributed by atoms with van der Waals surface area (Å²) in [5.74, 6) is -3.10. The molecule has 5 nitrogen and oxygen atoms in total. The Morgan fingerprint density at radius 3 is 2.16 bits per heavy atom. The lowest BCUT2D eigenvalue weighted by Gasteiger charge is -2.02. The second kappa shape index (κ2) is 7.24. The normalized spacial score (nSPS) is 10.1. The summed E-state index contributed by atoms with van der Waals surface area (Å²) in [4.78, 5) is 19.4. The van der Waals surface area contributed by atoms with Gasteiger partial charge < -0.3 is 14.9 Å². The van der Waals surface area contributed by atoms with Crippen LogP contribution >= 0.6 is 0 Å². The molecule has 0 heterocycles. The van der Waals surface area contributed by atoms with Crippen LogP contribution in [0.15, 0.2) is 24.3 Å². The number of carbonyl (C=O) groups is 2. The number of hydrogen-bond donors (Lipinski definition) is 2. The fourth-order valence-corrected chi connectivity index (χ4v) is 0.886. The topological polar surface area (TPSA) is 83.8 Å². The van der Waals surface area contributed by atoms with Gasteiger partial charge in [-0.25, -0.2) is 9.59 Å². The van der Waals surface area contributed by atoms with Crippen molar-refractivity contribution in [1.29, 1.82) is 0 Å². The van der Waals surface area contributed by atoms with Crippen molar-refractivity contribution in [2.45, 2.75) is 13.1 Å². The second-order valence-corrected chi connectivity index (χ2v) is 3.07. The SMILES string of the molecule is CCOc1cccc(C(=O)O)c1.O=C(O)C(F)(F)F. The van der Waals surface area contributed by atoms with Crippen LogP contribution in [0, 0.1) is 0 Å². The monoisotopic (exact) mass is 280 g/mol. The van der Waals surface area contributed by atoms with E-state index in [0.29, 0.717) is 12.4 Å². The summed E-state index contributed by atoms with van der Waals surface area (Å²) in [6.07, 6.45) is -5.08. The number of carboxylic acid groups (broad SMARTS) is 2. The van der Waals surface area contributed by atoms with E-state index in [0.717, 1.165) is 0 Å². The lowest BCUT2D eigenvalue weighted by atomic mass is 10.2. The standard InChI is InChI=1S/C9H10O3.C2HF3O2/c1-2-12-8-5-3-4-7(6-8)9(10)11;3-2(4,5)1(6)7/h3-6H,2H2,1H3,(H,10,11);(H,6,7). The van der Waals surface area contributed by atoms with Crippen LogP contribution in [0.3, 0.4) is 0 Å². The van der Waals surface area contributed by atoms with Crippen LogP contribution in [0.25, 0.3) is 0 Å². The minimum Gasteiger partial charge on any atom is -0.494 e. The van der Waals surface area contributed by atoms with E-state index >= 15 is 0 Å². The molecule has 1 aromatic carbocycles. The first-order valence-electron chi connectivity index (χ1n) is 4.94. The predicted octanol–water partition coefficient (Wildman–Crippen LogP) is 2.42. The predicted molar refractivity (Wildman–Crippen MR) is 58.3 cm³/mol. The van der Waals surface area contributed by atoms with E-state index in [2.05, 4.69) is 0 Å². The number of ether oxygens (including phenoxy) is 1. The maximum Gasteiger partial charge on any atom is 0.490 e. The molecule has 0 aliphatic heterocycles. The third-order valence-electron chi connectivity index (χ3n) is 1.63. The molecule has 2 N–H and O–H groups in total. The van der Waals surface area contributed by atoms with Crippen molar-refractivity contribution in [3.63, 3.8) is 0 Å². The molecule has 0 aliphatic rings. The maximum absolute atomic E-state index is 10.6. The summed E-state index contributed by atoms with van der Waals surface area (Å²) < 4.78 is 36.9. The quantitative estimate of drug-likeness (QED) is 0.888. The van der Waals surface area contributed by atoms with Crippen LogP contribution in [-0.2, 0) is 4.79 Å². The summed E-state index contributed by atoms with van der Waals surface area (Å²) in [5.41, 5.74) is 0.251. The van der Waals surface area contributed by atoms with Crippen LogP contribution < -0.4 is 4.74 Å². The zero-order chi connectivity index (χ0) is 15.1. The average molecular weight is 280 g/mol. The van der Waals surface area contributed by atoms with Crippen LogP contribution in [0.5, 0.6) is 5.75 Å². The Hall–Kier alpha value is -2.25. The summed E-state index contributed by atoms with van der Waals surface area (Å²) in [5, 5.41) is 15.7. The van der Waals surface area contributed by atoms with Gasteiger partial charge in [-0.3, -0.25) is 0 Å². The zero-order valence-corrected chi connectivity index (χ0v) is 9.77. The Balaban J connectivity index is 0.000000399. The van der Waals surface area contributed by atoms with Gasteiger partial charge in [0.15, 0.2) is 0 Å². The highest BCUT2D eigenvalue weighted by atomic mass is 19.4. The van der Waals surface area contributed by atoms with Crippen LogP contribution in [0.1, 0.15) is 17.3 Å². The molecule has 0 spiro atoms. The molecule has 0 amide bonds. The van der Waals surface area contributed by atoms with Gasteiger partial charge in [0.2, 0.25) is 0 Å². The van der Waals surface area contributed by atoms with E-state index in [1.807, 2.05) is 6.92 Å². The summed E-state index contributed by atoms with van der Waals surface area (Å²) in [6.45, 7) is 2.40. The molecule has 0 saturated heterocycles. The molecular weight excluding hydrogens is 269 g/mol. The number of carboxylic acids is 2. The second-order valence-electron chi connectivity index (χ2n) is 3.07. The van der Waals surface area contributed by atoms with E-state index < -0.39 is 18.1 Å². The lowest BCUT2D eigenvalue weighted by molar-refractivity contribution is -0.192. The third kappa shape index (κ3) is 6.92. The first kappa shape index (κ1) is 16.8. The van der Waals surface area contributed by atoms with Crippen molar-refractivity contribution in [3.05, 3.63) is 29.8 Å². The number of aliphatic carboxylic acids is 1. The number of benzene rings is 1. The minimum absolute atomic E-state index is 0.251. The van der Waals surface area contributed by atoms with E-state index in [9.17, 15) is 18.0 Å². The molecule has 19 heavy (non-hydrogen) atoms. The van der Waals surface area contributed by atoms with Crippen molar-refractivity contribution < 1.29 is 37.7 Å². The van der Waals surface area contributed by atoms with E-state index in [-0.39, 0.29) is 5.56 Å². The smallest absolute Gasteiger partial charge is 0.490 e. The third-order valence-corrected chi connectivity index (χ3v) is 1.63. The fourth-order valence-electron chi connectivity index (χ4n) is 0.886. The van der Waals surface area contributed by atoms with Crippen molar-refractivity contribution in [1.82, 2.24) is 0 Å². The summed E-state index contributed by atoms with van der Waals surface area (Å²) >= 11 is 0. The van der Waals surface area contributed by atoms with Gasteiger partial charge in [-0.05, 0) is 25.1 Å². The van der Waals surface area contributed by atoms with Gasteiger partial charge in [-0.2, -0.15) is 13.2 Å². The number of halogens is 3. The van der Waals surface area contributed by atoms with Crippen molar-refractivity contribution in [2.24, 2.45) is 0 Å². The summed E-state index contributed by atoms with van der Waals surface area (Å²) in [7, 11) is 0. The number of alkyl halides is 3. The van der Waals surface area contributed by atoms with Gasteiger partial charge in [0.25, 0.3) is 0 Å². The fraction of sp³-hybridized carbons (Fsp3) is 0.273. The van der Waals surface area contributed by atoms with E-state index in [4.69, 9.17) is 19.7 Å². The number of rotatable bonds is 3. The van der Waals surface area contributed by atoms with Crippen LogP contribution in [-0.4, -0.2) is 34.9 Å². The molecule has 1 aromatic rings. The molecule has 8 heteroatoms. The summed E-state index contributed by atoms with van der Waals surface area (Å²) in [6, 6.07) is 6.43. The maximum atomic E-state index is 10.6. The highest BCUT2D eigenvalue weighted by Gasteiger charge is 2.38. The molecule has 0 saturated carbocycles. The lowest BCUT2D eigenvalue weighted by Crippen LogP contribution is -2.21. The van der Waals surface area contributed by atoms with Crippen LogP contribution in [0.2, 0.25) is 0 Å². The average Bonchev–Trinajstić information content (AvgIpc) is 2.29. The molecule has 0 aromatic heterocycles. The Bertz CT molecular complexity index is 442. The van der Waals surface area contributed by atoms with Gasteiger partial charge in [0, 0.05) is 0 Å². The molecule has 0 radical (unpaired) electrons. The molecule has 106 valence electrons. The Morgan fingerprint density at radius 1 is 1.26 bits per heavy atom. The van der Waals surface area contributed by atoms with Gasteiger partial charge in [0.05, 0.1) is 12.2 Å². The van der Waals surface area contributed by atoms with E-state index in [1.54, 1.807) is 12.1 Å². The van der Waals surface area contributed by atoms with Gasteiger partial charge >= 0.3 is 18.1 Å². The minimum atomic E-state index is -5.08. The largest absolute Gasteiger partial charge is 0.494 e. The zero-order valence-electron chi connectivity index (χ0n) is 9.77. The molecule has 0 bridgehead atoms. The number of aromatic carboxylic acids is 1. The highest BCUT2D eigenvalue weighted by Crippen LogP contribution is 2.13. The first-order valence-corrected chi connectivity index (χ1v) is 4.94. The molecule has 0 unspecified atom stereocenters. The number of hydrogen-bond acceptors (Lipinski definition) is 3. The highest BCUT2D eigenvalue weighted by molar-refractivity contribution is 5.87. The molecule has 0 fully saturated rings. The Kier molecular flexibility index (Phi) is 6.39. The van der Waals surface area contributed by atoms with Gasteiger partial charge in [0.1, 0.15) is 5.75 Å². The van der Waals surface area contributed by atoms with Crippen molar-refractivity contribution in [2.75, 3.05) is 6.61 Å². The van der Waals surface area contributed by atoms with Gasteiger partial charge in [-0.15, -0.1) is 0 Å². The Morgan fingerprint density at radius 2 is 1.79 bits per heavy atom. The van der Waals surface area contributed by atoms with Crippen LogP contribution in [0.4, 0.5) is 13.2 Å². The molecular formula is C11H11F3O5. The Labute approximate surface area is 106 Å². The van der Waals surface area contributed by atoms with Crippen molar-refractivity contribution in [3.8, 4) is 5.75 Å². The molecule has 1 rings (SSSR count). The molecule has 0 atom stereocenters. The first-order chi connectivity index (χ1) is 8.68. The van der Waals surface area contributed by atoms with Crippen molar-refractivity contribution >= 4 is 11.9 Å².